The molecule has 1 heterocycles. The fraction of sp³-hybridized carbons (Fsp3) is 0.576. The second kappa shape index (κ2) is 17.0. The van der Waals surface area contributed by atoms with E-state index in [0.717, 1.165) is 62.8 Å². The number of benzene rings is 2. The van der Waals surface area contributed by atoms with Gasteiger partial charge in [0.2, 0.25) is 5.91 Å². The summed E-state index contributed by atoms with van der Waals surface area (Å²) in [5.41, 5.74) is 4.42. The third-order valence-electron chi connectivity index (χ3n) is 7.49. The molecule has 0 radical (unpaired) electrons. The van der Waals surface area contributed by atoms with Crippen molar-refractivity contribution in [2.24, 2.45) is 0 Å². The number of carbonyl (C=O) groups is 2. The van der Waals surface area contributed by atoms with E-state index in [1.54, 1.807) is 0 Å². The van der Waals surface area contributed by atoms with Crippen molar-refractivity contribution in [1.29, 1.82) is 0 Å². The number of aryl methyl sites for hydroxylation is 1. The van der Waals surface area contributed by atoms with Crippen LogP contribution in [0.1, 0.15) is 105 Å². The summed E-state index contributed by atoms with van der Waals surface area (Å²) in [7, 11) is 0. The first-order valence-electron chi connectivity index (χ1n) is 14.9. The van der Waals surface area contributed by atoms with Gasteiger partial charge in [-0.3, -0.25) is 9.59 Å². The lowest BCUT2D eigenvalue weighted by Gasteiger charge is -2.37. The van der Waals surface area contributed by atoms with E-state index in [4.69, 9.17) is 4.74 Å². The minimum atomic E-state index is 0.0617. The van der Waals surface area contributed by atoms with Gasteiger partial charge in [0.25, 0.3) is 5.91 Å². The second-order valence-corrected chi connectivity index (χ2v) is 10.8. The Labute approximate surface area is 230 Å². The summed E-state index contributed by atoms with van der Waals surface area (Å²) in [5, 5.41) is 2.99. The molecule has 2 aromatic rings. The van der Waals surface area contributed by atoms with E-state index in [2.05, 4.69) is 36.5 Å². The molecule has 1 atom stereocenters. The van der Waals surface area contributed by atoms with E-state index in [-0.39, 0.29) is 17.9 Å². The van der Waals surface area contributed by atoms with Gasteiger partial charge in [-0.05, 0) is 55.9 Å². The SMILES string of the molecule is CCCCNC(=O)CCCCCCCCCCOC[C@@H]1Cc2ccccc2CN1C(=O)c1cccc(C)c1. The molecule has 2 amide bonds. The molecule has 38 heavy (non-hydrogen) atoms. The van der Waals surface area contributed by atoms with Gasteiger partial charge in [0.05, 0.1) is 12.6 Å². The lowest BCUT2D eigenvalue weighted by molar-refractivity contribution is -0.121. The Kier molecular flexibility index (Phi) is 13.4. The molecule has 0 fully saturated rings. The van der Waals surface area contributed by atoms with Gasteiger partial charge in [0, 0.05) is 31.7 Å². The third-order valence-corrected chi connectivity index (χ3v) is 7.49. The molecule has 0 saturated carbocycles. The Morgan fingerprint density at radius 1 is 0.895 bits per heavy atom. The lowest BCUT2D eigenvalue weighted by atomic mass is 9.93. The number of hydrogen-bond donors (Lipinski definition) is 1. The minimum Gasteiger partial charge on any atom is -0.379 e. The molecule has 0 spiro atoms. The van der Waals surface area contributed by atoms with E-state index in [0.29, 0.717) is 19.6 Å². The number of nitrogens with one attached hydrogen (secondary N) is 1. The number of hydrogen-bond acceptors (Lipinski definition) is 3. The maximum atomic E-state index is 13.4. The third kappa shape index (κ3) is 10.2. The molecule has 208 valence electrons. The van der Waals surface area contributed by atoms with Crippen LogP contribution in [0, 0.1) is 6.92 Å². The predicted octanol–water partition coefficient (Wildman–Crippen LogP) is 7.01. The van der Waals surface area contributed by atoms with E-state index < -0.39 is 0 Å². The van der Waals surface area contributed by atoms with E-state index in [9.17, 15) is 9.59 Å². The highest BCUT2D eigenvalue weighted by atomic mass is 16.5. The van der Waals surface area contributed by atoms with Crippen LogP contribution in [-0.4, -0.2) is 42.5 Å². The van der Waals surface area contributed by atoms with Crippen LogP contribution in [0.15, 0.2) is 48.5 Å². The Balaban J connectivity index is 1.30. The molecule has 0 saturated heterocycles. The van der Waals surface area contributed by atoms with E-state index in [1.165, 1.54) is 43.2 Å². The summed E-state index contributed by atoms with van der Waals surface area (Å²) >= 11 is 0. The fourth-order valence-corrected chi connectivity index (χ4v) is 5.18. The molecular weight excluding hydrogens is 472 g/mol. The molecule has 0 aliphatic carbocycles. The summed E-state index contributed by atoms with van der Waals surface area (Å²) in [6.45, 7) is 6.95. The Morgan fingerprint density at radius 3 is 2.34 bits per heavy atom. The van der Waals surface area contributed by atoms with Crippen LogP contribution in [0.25, 0.3) is 0 Å². The predicted molar refractivity (Wildman–Crippen MR) is 155 cm³/mol. The van der Waals surface area contributed by atoms with Crippen molar-refractivity contribution < 1.29 is 14.3 Å². The molecule has 5 nitrogen and oxygen atoms in total. The minimum absolute atomic E-state index is 0.0617. The maximum absolute atomic E-state index is 13.4. The highest BCUT2D eigenvalue weighted by Crippen LogP contribution is 2.25. The van der Waals surface area contributed by atoms with Crippen LogP contribution in [-0.2, 0) is 22.5 Å². The van der Waals surface area contributed by atoms with Gasteiger partial charge in [-0.1, -0.05) is 93.8 Å². The first-order chi connectivity index (χ1) is 18.6. The van der Waals surface area contributed by atoms with Crippen molar-refractivity contribution in [3.63, 3.8) is 0 Å². The average molecular weight is 521 g/mol. The molecule has 0 unspecified atom stereocenters. The smallest absolute Gasteiger partial charge is 0.254 e. The van der Waals surface area contributed by atoms with Crippen LogP contribution in [0.4, 0.5) is 0 Å². The summed E-state index contributed by atoms with van der Waals surface area (Å²) in [6.07, 6.45) is 13.0. The van der Waals surface area contributed by atoms with E-state index >= 15 is 0 Å². The number of unbranched alkanes of at least 4 members (excludes halogenated alkanes) is 8. The normalized spacial score (nSPS) is 14.8. The number of ether oxygens (including phenoxy) is 1. The molecule has 5 heteroatoms. The molecule has 2 aromatic carbocycles. The topological polar surface area (TPSA) is 58.6 Å². The van der Waals surface area contributed by atoms with Gasteiger partial charge in [-0.15, -0.1) is 0 Å². The number of nitrogens with zero attached hydrogens (tertiary/aromatic N) is 1. The number of amides is 2. The van der Waals surface area contributed by atoms with Crippen molar-refractivity contribution in [3.05, 3.63) is 70.8 Å². The Hall–Kier alpha value is -2.66. The summed E-state index contributed by atoms with van der Waals surface area (Å²) in [6, 6.07) is 16.4. The summed E-state index contributed by atoms with van der Waals surface area (Å²) in [4.78, 5) is 27.1. The van der Waals surface area contributed by atoms with E-state index in [1.807, 2.05) is 36.1 Å². The monoisotopic (exact) mass is 520 g/mol. The maximum Gasteiger partial charge on any atom is 0.254 e. The second-order valence-electron chi connectivity index (χ2n) is 10.8. The molecule has 1 N–H and O–H groups in total. The Bertz CT molecular complexity index is 990. The number of carbonyl (C=O) groups excluding carboxylic acids is 2. The van der Waals surface area contributed by atoms with Gasteiger partial charge >= 0.3 is 0 Å². The molecule has 1 aliphatic heterocycles. The molecule has 1 aliphatic rings. The lowest BCUT2D eigenvalue weighted by Crippen LogP contribution is -2.46. The Morgan fingerprint density at radius 2 is 1.61 bits per heavy atom. The summed E-state index contributed by atoms with van der Waals surface area (Å²) in [5.74, 6) is 0.299. The summed E-state index contributed by atoms with van der Waals surface area (Å²) < 4.78 is 6.11. The zero-order chi connectivity index (χ0) is 27.0. The number of fused-ring (bicyclic) bond motifs is 1. The molecule has 0 aromatic heterocycles. The molecular formula is C33H48N2O3. The van der Waals surface area contributed by atoms with Crippen molar-refractivity contribution >= 4 is 11.8 Å². The zero-order valence-electron chi connectivity index (χ0n) is 23.7. The van der Waals surface area contributed by atoms with Crippen LogP contribution >= 0.6 is 0 Å². The van der Waals surface area contributed by atoms with Gasteiger partial charge in [0.15, 0.2) is 0 Å². The van der Waals surface area contributed by atoms with Gasteiger partial charge in [-0.25, -0.2) is 0 Å². The zero-order valence-corrected chi connectivity index (χ0v) is 23.7. The molecule has 0 bridgehead atoms. The largest absolute Gasteiger partial charge is 0.379 e. The highest BCUT2D eigenvalue weighted by molar-refractivity contribution is 5.94. The van der Waals surface area contributed by atoms with Crippen LogP contribution in [0.5, 0.6) is 0 Å². The van der Waals surface area contributed by atoms with Crippen molar-refractivity contribution in [1.82, 2.24) is 10.2 Å². The number of rotatable bonds is 17. The van der Waals surface area contributed by atoms with Crippen LogP contribution < -0.4 is 5.32 Å². The standard InChI is InChI=1S/C33H48N2O3/c1-3-4-21-34-32(36)20-11-9-7-5-6-8-10-14-22-38-26-31-24-28-17-12-13-18-30(28)25-35(31)33(37)29-19-15-16-27(2)23-29/h12-13,15-19,23,31H,3-11,14,20-22,24-26H2,1-2H3,(H,34,36)/t31-/m0/s1. The van der Waals surface area contributed by atoms with Crippen LogP contribution in [0.2, 0.25) is 0 Å². The quantitative estimate of drug-likeness (QED) is 0.228. The van der Waals surface area contributed by atoms with Gasteiger partial charge in [-0.2, -0.15) is 0 Å². The van der Waals surface area contributed by atoms with Gasteiger partial charge in [0.1, 0.15) is 0 Å². The van der Waals surface area contributed by atoms with Crippen molar-refractivity contribution in [2.45, 2.75) is 103 Å². The van der Waals surface area contributed by atoms with Gasteiger partial charge < -0.3 is 15.0 Å². The fourth-order valence-electron chi connectivity index (χ4n) is 5.18. The highest BCUT2D eigenvalue weighted by Gasteiger charge is 2.30. The first kappa shape index (κ1) is 29.9. The molecule has 3 rings (SSSR count). The van der Waals surface area contributed by atoms with Crippen molar-refractivity contribution in [2.75, 3.05) is 19.8 Å². The average Bonchev–Trinajstić information content (AvgIpc) is 2.93. The first-order valence-corrected chi connectivity index (χ1v) is 14.9. The van der Waals surface area contributed by atoms with Crippen LogP contribution in [0.3, 0.4) is 0 Å². The van der Waals surface area contributed by atoms with Crippen molar-refractivity contribution in [3.8, 4) is 0 Å².